The molecule has 1 aromatic rings. The van der Waals surface area contributed by atoms with E-state index in [0.29, 0.717) is 0 Å². The SMILES string of the molecule is CC1C=CC(C2CC3CC2CC3c2ccccc2)C1. The lowest BCUT2D eigenvalue weighted by molar-refractivity contribution is 0.236. The second kappa shape index (κ2) is 4.51. The molecule has 0 N–H and O–H groups in total. The molecule has 0 heterocycles. The topological polar surface area (TPSA) is 0 Å². The van der Waals surface area contributed by atoms with Crippen molar-refractivity contribution in [3.63, 3.8) is 0 Å². The quantitative estimate of drug-likeness (QED) is 0.648. The summed E-state index contributed by atoms with van der Waals surface area (Å²) in [5.74, 6) is 5.59. The molecule has 6 atom stereocenters. The van der Waals surface area contributed by atoms with E-state index >= 15 is 0 Å². The van der Waals surface area contributed by atoms with Crippen LogP contribution in [0.2, 0.25) is 0 Å². The smallest absolute Gasteiger partial charge is 0.0131 e. The normalized spacial score (nSPS) is 44.1. The zero-order chi connectivity index (χ0) is 12.8. The first-order valence-corrected chi connectivity index (χ1v) is 8.04. The summed E-state index contributed by atoms with van der Waals surface area (Å²) in [7, 11) is 0. The Morgan fingerprint density at radius 1 is 0.842 bits per heavy atom. The van der Waals surface area contributed by atoms with Gasteiger partial charge in [0, 0.05) is 0 Å². The van der Waals surface area contributed by atoms with Crippen LogP contribution in [-0.4, -0.2) is 0 Å². The van der Waals surface area contributed by atoms with Gasteiger partial charge in [-0.2, -0.15) is 0 Å². The van der Waals surface area contributed by atoms with E-state index in [4.69, 9.17) is 0 Å². The molecule has 0 heteroatoms. The molecule has 0 aliphatic heterocycles. The summed E-state index contributed by atoms with van der Waals surface area (Å²) in [5.41, 5.74) is 1.60. The van der Waals surface area contributed by atoms with Crippen molar-refractivity contribution in [1.29, 1.82) is 0 Å². The standard InChI is InChI=1S/C19H24/c1-13-7-8-15(9-13)19-12-16-10-17(19)11-18(16)14-5-3-2-4-6-14/h2-8,13,15-19H,9-12H2,1H3. The Bertz CT molecular complexity index is 472. The molecule has 1 aromatic carbocycles. The molecular formula is C19H24. The van der Waals surface area contributed by atoms with Crippen LogP contribution in [-0.2, 0) is 0 Å². The van der Waals surface area contributed by atoms with Crippen LogP contribution in [0.1, 0.15) is 44.1 Å². The second-order valence-corrected chi connectivity index (χ2v) is 7.17. The molecule has 0 nitrogen and oxygen atoms in total. The van der Waals surface area contributed by atoms with E-state index in [0.717, 1.165) is 35.5 Å². The van der Waals surface area contributed by atoms with Crippen LogP contribution in [0, 0.1) is 29.6 Å². The Morgan fingerprint density at radius 3 is 2.32 bits per heavy atom. The molecule has 19 heavy (non-hydrogen) atoms. The molecule has 6 unspecified atom stereocenters. The molecule has 3 aliphatic carbocycles. The molecule has 2 bridgehead atoms. The fourth-order valence-electron chi connectivity index (χ4n) is 5.19. The number of rotatable bonds is 2. The highest BCUT2D eigenvalue weighted by Gasteiger charge is 2.48. The molecule has 0 amide bonds. The summed E-state index contributed by atoms with van der Waals surface area (Å²) in [6.45, 7) is 2.37. The lowest BCUT2D eigenvalue weighted by Gasteiger charge is -2.31. The molecule has 0 spiro atoms. The Kier molecular flexibility index (Phi) is 2.79. The predicted molar refractivity (Wildman–Crippen MR) is 79.9 cm³/mol. The average molecular weight is 252 g/mol. The highest BCUT2D eigenvalue weighted by Crippen LogP contribution is 2.58. The van der Waals surface area contributed by atoms with Gasteiger partial charge in [0.2, 0.25) is 0 Å². The maximum atomic E-state index is 2.54. The van der Waals surface area contributed by atoms with Crippen LogP contribution in [0.4, 0.5) is 0 Å². The van der Waals surface area contributed by atoms with Crippen LogP contribution >= 0.6 is 0 Å². The van der Waals surface area contributed by atoms with Crippen LogP contribution in [0.25, 0.3) is 0 Å². The summed E-state index contributed by atoms with van der Waals surface area (Å²) in [6, 6.07) is 11.3. The summed E-state index contributed by atoms with van der Waals surface area (Å²) in [5, 5.41) is 0. The summed E-state index contributed by atoms with van der Waals surface area (Å²) >= 11 is 0. The van der Waals surface area contributed by atoms with Crippen molar-refractivity contribution in [2.45, 2.75) is 38.5 Å². The Morgan fingerprint density at radius 2 is 1.68 bits per heavy atom. The van der Waals surface area contributed by atoms with Crippen LogP contribution in [0.15, 0.2) is 42.5 Å². The van der Waals surface area contributed by atoms with Crippen molar-refractivity contribution < 1.29 is 0 Å². The molecule has 4 rings (SSSR count). The van der Waals surface area contributed by atoms with E-state index < -0.39 is 0 Å². The van der Waals surface area contributed by atoms with Gasteiger partial charge in [-0.1, -0.05) is 49.4 Å². The minimum absolute atomic E-state index is 0.828. The molecule has 0 aromatic heterocycles. The summed E-state index contributed by atoms with van der Waals surface area (Å²) < 4.78 is 0. The monoisotopic (exact) mass is 252 g/mol. The lowest BCUT2D eigenvalue weighted by Crippen LogP contribution is -2.22. The van der Waals surface area contributed by atoms with Crippen molar-refractivity contribution in [2.75, 3.05) is 0 Å². The molecule has 2 fully saturated rings. The Hall–Kier alpha value is -1.04. The number of hydrogen-bond donors (Lipinski definition) is 0. The fourth-order valence-corrected chi connectivity index (χ4v) is 5.19. The highest BCUT2D eigenvalue weighted by molar-refractivity contribution is 5.24. The Labute approximate surface area is 116 Å². The van der Waals surface area contributed by atoms with Crippen molar-refractivity contribution in [1.82, 2.24) is 0 Å². The number of fused-ring (bicyclic) bond motifs is 2. The fraction of sp³-hybridized carbons (Fsp3) is 0.579. The van der Waals surface area contributed by atoms with Gasteiger partial charge in [-0.15, -0.1) is 0 Å². The first-order valence-electron chi connectivity index (χ1n) is 8.04. The van der Waals surface area contributed by atoms with Gasteiger partial charge in [0.25, 0.3) is 0 Å². The molecule has 2 saturated carbocycles. The van der Waals surface area contributed by atoms with Crippen molar-refractivity contribution in [3.8, 4) is 0 Å². The van der Waals surface area contributed by atoms with E-state index in [1.165, 1.54) is 25.7 Å². The van der Waals surface area contributed by atoms with Gasteiger partial charge in [-0.05, 0) is 66.8 Å². The maximum absolute atomic E-state index is 2.54. The molecule has 0 radical (unpaired) electrons. The third kappa shape index (κ3) is 1.96. The molecule has 0 saturated heterocycles. The third-order valence-electron chi connectivity index (χ3n) is 6.02. The van der Waals surface area contributed by atoms with E-state index in [2.05, 4.69) is 49.4 Å². The van der Waals surface area contributed by atoms with Gasteiger partial charge < -0.3 is 0 Å². The predicted octanol–water partition coefficient (Wildman–Crippen LogP) is 5.03. The minimum atomic E-state index is 0.828. The third-order valence-corrected chi connectivity index (χ3v) is 6.02. The van der Waals surface area contributed by atoms with Crippen molar-refractivity contribution >= 4 is 0 Å². The van der Waals surface area contributed by atoms with Crippen LogP contribution in [0.5, 0.6) is 0 Å². The van der Waals surface area contributed by atoms with Gasteiger partial charge in [-0.3, -0.25) is 0 Å². The van der Waals surface area contributed by atoms with Gasteiger partial charge in [0.1, 0.15) is 0 Å². The molecular weight excluding hydrogens is 228 g/mol. The van der Waals surface area contributed by atoms with Gasteiger partial charge >= 0.3 is 0 Å². The largest absolute Gasteiger partial charge is 0.0854 e. The molecule has 100 valence electrons. The lowest BCUT2D eigenvalue weighted by atomic mass is 9.73. The van der Waals surface area contributed by atoms with Gasteiger partial charge in [0.05, 0.1) is 0 Å². The maximum Gasteiger partial charge on any atom is -0.0131 e. The van der Waals surface area contributed by atoms with Crippen molar-refractivity contribution in [2.24, 2.45) is 29.6 Å². The Balaban J connectivity index is 1.48. The van der Waals surface area contributed by atoms with E-state index in [1.54, 1.807) is 5.56 Å². The van der Waals surface area contributed by atoms with E-state index in [-0.39, 0.29) is 0 Å². The number of allylic oxidation sites excluding steroid dienone is 2. The van der Waals surface area contributed by atoms with Crippen LogP contribution < -0.4 is 0 Å². The minimum Gasteiger partial charge on any atom is -0.0854 e. The van der Waals surface area contributed by atoms with Crippen LogP contribution in [0.3, 0.4) is 0 Å². The van der Waals surface area contributed by atoms with Crippen molar-refractivity contribution in [3.05, 3.63) is 48.0 Å². The number of benzene rings is 1. The first kappa shape index (κ1) is 11.8. The number of hydrogen-bond acceptors (Lipinski definition) is 0. The van der Waals surface area contributed by atoms with E-state index in [9.17, 15) is 0 Å². The van der Waals surface area contributed by atoms with Gasteiger partial charge in [0.15, 0.2) is 0 Å². The molecule has 3 aliphatic rings. The zero-order valence-electron chi connectivity index (χ0n) is 11.8. The average Bonchev–Trinajstić information content (AvgIpc) is 3.13. The summed E-state index contributed by atoms with van der Waals surface area (Å²) in [4.78, 5) is 0. The second-order valence-electron chi connectivity index (χ2n) is 7.17. The highest BCUT2D eigenvalue weighted by atomic mass is 14.5. The summed E-state index contributed by atoms with van der Waals surface area (Å²) in [6.07, 6.45) is 10.9. The van der Waals surface area contributed by atoms with E-state index in [1.807, 2.05) is 0 Å². The van der Waals surface area contributed by atoms with Gasteiger partial charge in [-0.25, -0.2) is 0 Å². The first-order chi connectivity index (χ1) is 9.31. The zero-order valence-corrected chi connectivity index (χ0v) is 11.8.